The Labute approximate surface area is 119 Å². The van der Waals surface area contributed by atoms with E-state index in [0.717, 1.165) is 49.7 Å². The van der Waals surface area contributed by atoms with E-state index < -0.39 is 0 Å². The summed E-state index contributed by atoms with van der Waals surface area (Å²) in [5.74, 6) is 2.19. The van der Waals surface area contributed by atoms with Crippen LogP contribution in [0.1, 0.15) is 45.4 Å². The van der Waals surface area contributed by atoms with Crippen LogP contribution in [0.15, 0.2) is 6.07 Å². The number of halogens is 1. The number of hydrogen-bond donors (Lipinski definition) is 2. The molecule has 0 unspecified atom stereocenters. The molecule has 1 saturated carbocycles. The van der Waals surface area contributed by atoms with Gasteiger partial charge in [-0.15, -0.1) is 0 Å². The third-order valence-electron chi connectivity index (χ3n) is 3.98. The van der Waals surface area contributed by atoms with E-state index in [4.69, 9.17) is 11.6 Å². The van der Waals surface area contributed by atoms with Gasteiger partial charge in [0, 0.05) is 12.5 Å². The molecular weight excluding hydrogens is 262 g/mol. The van der Waals surface area contributed by atoms with Gasteiger partial charge in [0.15, 0.2) is 0 Å². The van der Waals surface area contributed by atoms with E-state index in [2.05, 4.69) is 22.2 Å². The van der Waals surface area contributed by atoms with Gasteiger partial charge in [0.1, 0.15) is 16.8 Å². The highest BCUT2D eigenvalue weighted by molar-refractivity contribution is 6.29. The number of aliphatic hydroxyl groups excluding tert-OH is 1. The van der Waals surface area contributed by atoms with E-state index in [9.17, 15) is 5.11 Å². The number of anilines is 1. The van der Waals surface area contributed by atoms with Crippen molar-refractivity contribution in [1.82, 2.24) is 9.97 Å². The molecule has 1 aromatic rings. The lowest BCUT2D eigenvalue weighted by molar-refractivity contribution is 0.155. The van der Waals surface area contributed by atoms with Crippen LogP contribution < -0.4 is 5.32 Å². The maximum atomic E-state index is 9.75. The van der Waals surface area contributed by atoms with Crippen molar-refractivity contribution in [2.45, 2.75) is 51.5 Å². The SMILES string of the molecule is CCc1nc(Cl)cc(NC2(CO)CCC(C)CC2)n1. The van der Waals surface area contributed by atoms with Crippen LogP contribution in [0.3, 0.4) is 0 Å². The summed E-state index contributed by atoms with van der Waals surface area (Å²) in [4.78, 5) is 8.60. The molecule has 1 aliphatic carbocycles. The molecule has 1 aliphatic rings. The number of rotatable bonds is 4. The first-order chi connectivity index (χ1) is 9.07. The molecule has 0 aliphatic heterocycles. The van der Waals surface area contributed by atoms with Crippen LogP contribution in [0.4, 0.5) is 5.82 Å². The van der Waals surface area contributed by atoms with Crippen molar-refractivity contribution in [3.63, 3.8) is 0 Å². The van der Waals surface area contributed by atoms with Gasteiger partial charge in [-0.3, -0.25) is 0 Å². The first-order valence-corrected chi connectivity index (χ1v) is 7.37. The summed E-state index contributed by atoms with van der Waals surface area (Å²) in [5.41, 5.74) is -0.255. The maximum Gasteiger partial charge on any atom is 0.134 e. The summed E-state index contributed by atoms with van der Waals surface area (Å²) < 4.78 is 0. The van der Waals surface area contributed by atoms with Crippen LogP contribution in [-0.2, 0) is 6.42 Å². The monoisotopic (exact) mass is 283 g/mol. The molecule has 0 bridgehead atoms. The number of nitrogens with zero attached hydrogens (tertiary/aromatic N) is 2. The van der Waals surface area contributed by atoms with Crippen LogP contribution in [0.2, 0.25) is 5.15 Å². The Hall–Kier alpha value is -0.870. The molecule has 2 N–H and O–H groups in total. The predicted molar refractivity (Wildman–Crippen MR) is 77.5 cm³/mol. The topological polar surface area (TPSA) is 58.0 Å². The maximum absolute atomic E-state index is 9.75. The lowest BCUT2D eigenvalue weighted by Crippen LogP contribution is -2.45. The van der Waals surface area contributed by atoms with Crippen molar-refractivity contribution >= 4 is 17.4 Å². The van der Waals surface area contributed by atoms with Crippen molar-refractivity contribution in [1.29, 1.82) is 0 Å². The third-order valence-corrected chi connectivity index (χ3v) is 4.18. The first kappa shape index (κ1) is 14.5. The lowest BCUT2D eigenvalue weighted by atomic mass is 9.77. The number of aliphatic hydroxyl groups is 1. The summed E-state index contributed by atoms with van der Waals surface area (Å²) in [6, 6.07) is 1.73. The van der Waals surface area contributed by atoms with Crippen molar-refractivity contribution in [2.75, 3.05) is 11.9 Å². The minimum absolute atomic E-state index is 0.128. The van der Waals surface area contributed by atoms with Crippen molar-refractivity contribution in [3.05, 3.63) is 17.0 Å². The van der Waals surface area contributed by atoms with Gasteiger partial charge in [-0.25, -0.2) is 9.97 Å². The summed E-state index contributed by atoms with van der Waals surface area (Å²) in [6.45, 7) is 4.39. The minimum Gasteiger partial charge on any atom is -0.394 e. The molecule has 2 rings (SSSR count). The van der Waals surface area contributed by atoms with Crippen LogP contribution >= 0.6 is 11.6 Å². The van der Waals surface area contributed by atoms with Gasteiger partial charge in [-0.1, -0.05) is 25.4 Å². The molecule has 0 radical (unpaired) electrons. The molecule has 106 valence electrons. The number of aromatic nitrogens is 2. The van der Waals surface area contributed by atoms with Crippen LogP contribution in [0.25, 0.3) is 0 Å². The molecule has 1 heterocycles. The third kappa shape index (κ3) is 3.57. The minimum atomic E-state index is -0.255. The average molecular weight is 284 g/mol. The van der Waals surface area contributed by atoms with Crippen molar-refractivity contribution < 1.29 is 5.11 Å². The van der Waals surface area contributed by atoms with E-state index in [1.807, 2.05) is 6.92 Å². The molecule has 0 spiro atoms. The Kier molecular flexibility index (Phi) is 4.63. The van der Waals surface area contributed by atoms with E-state index in [1.54, 1.807) is 6.07 Å². The number of aryl methyl sites for hydroxylation is 1. The summed E-state index contributed by atoms with van der Waals surface area (Å²) in [7, 11) is 0. The molecule has 1 fully saturated rings. The fourth-order valence-electron chi connectivity index (χ4n) is 2.60. The Morgan fingerprint density at radius 3 is 2.68 bits per heavy atom. The van der Waals surface area contributed by atoms with Gasteiger partial charge in [0.2, 0.25) is 0 Å². The second-order valence-corrected chi connectivity index (χ2v) is 5.98. The molecule has 1 aromatic heterocycles. The largest absolute Gasteiger partial charge is 0.394 e. The molecule has 0 saturated heterocycles. The highest BCUT2D eigenvalue weighted by Crippen LogP contribution is 2.34. The molecule has 19 heavy (non-hydrogen) atoms. The molecule has 4 nitrogen and oxygen atoms in total. The van der Waals surface area contributed by atoms with Gasteiger partial charge in [0.05, 0.1) is 12.1 Å². The van der Waals surface area contributed by atoms with Crippen LogP contribution in [-0.4, -0.2) is 27.2 Å². The Morgan fingerprint density at radius 2 is 2.11 bits per heavy atom. The number of hydrogen-bond acceptors (Lipinski definition) is 4. The van der Waals surface area contributed by atoms with Gasteiger partial charge < -0.3 is 10.4 Å². The summed E-state index contributed by atoms with van der Waals surface area (Å²) in [5, 5.41) is 13.6. The average Bonchev–Trinajstić information content (AvgIpc) is 2.41. The van der Waals surface area contributed by atoms with Gasteiger partial charge in [-0.2, -0.15) is 0 Å². The quantitative estimate of drug-likeness (QED) is 0.834. The highest BCUT2D eigenvalue weighted by Gasteiger charge is 2.33. The Balaban J connectivity index is 2.16. The smallest absolute Gasteiger partial charge is 0.134 e. The Bertz CT molecular complexity index is 431. The van der Waals surface area contributed by atoms with E-state index in [-0.39, 0.29) is 12.1 Å². The molecular formula is C14H22ClN3O. The lowest BCUT2D eigenvalue weighted by Gasteiger charge is -2.39. The van der Waals surface area contributed by atoms with E-state index in [0.29, 0.717) is 5.15 Å². The molecule has 0 aromatic carbocycles. The summed E-state index contributed by atoms with van der Waals surface area (Å²) >= 11 is 6.00. The van der Waals surface area contributed by atoms with Crippen molar-refractivity contribution in [3.8, 4) is 0 Å². The van der Waals surface area contributed by atoms with Gasteiger partial charge >= 0.3 is 0 Å². The highest BCUT2D eigenvalue weighted by atomic mass is 35.5. The Morgan fingerprint density at radius 1 is 1.42 bits per heavy atom. The zero-order chi connectivity index (χ0) is 13.9. The van der Waals surface area contributed by atoms with Gasteiger partial charge in [-0.05, 0) is 31.6 Å². The second-order valence-electron chi connectivity index (χ2n) is 5.59. The summed E-state index contributed by atoms with van der Waals surface area (Å²) in [6.07, 6.45) is 4.94. The van der Waals surface area contributed by atoms with Crippen LogP contribution in [0, 0.1) is 5.92 Å². The second kappa shape index (κ2) is 6.06. The first-order valence-electron chi connectivity index (χ1n) is 6.99. The van der Waals surface area contributed by atoms with E-state index >= 15 is 0 Å². The van der Waals surface area contributed by atoms with Crippen molar-refractivity contribution in [2.24, 2.45) is 5.92 Å². The van der Waals surface area contributed by atoms with E-state index in [1.165, 1.54) is 0 Å². The molecule has 0 amide bonds. The molecule has 0 atom stereocenters. The fourth-order valence-corrected chi connectivity index (χ4v) is 2.80. The zero-order valence-corrected chi connectivity index (χ0v) is 12.4. The van der Waals surface area contributed by atoms with Gasteiger partial charge in [0.25, 0.3) is 0 Å². The predicted octanol–water partition coefficient (Wildman–Crippen LogP) is 3.05. The normalized spacial score (nSPS) is 27.3. The van der Waals surface area contributed by atoms with Crippen LogP contribution in [0.5, 0.6) is 0 Å². The zero-order valence-electron chi connectivity index (χ0n) is 11.6. The fraction of sp³-hybridized carbons (Fsp3) is 0.714. The number of nitrogens with one attached hydrogen (secondary N) is 1. The standard InChI is InChI=1S/C14H22ClN3O/c1-3-12-16-11(15)8-13(17-12)18-14(9-19)6-4-10(2)5-7-14/h8,10,19H,3-7,9H2,1-2H3,(H,16,17,18). The molecule has 5 heteroatoms.